The Labute approximate surface area is 160 Å². The van der Waals surface area contributed by atoms with Crippen LogP contribution in [0.4, 0.5) is 0 Å². The number of ether oxygens (including phenoxy) is 3. The molecule has 1 amide bonds. The number of methoxy groups -OCH3 is 3. The molecule has 1 saturated heterocycles. The van der Waals surface area contributed by atoms with Gasteiger partial charge in [0, 0.05) is 20.2 Å². The Balaban J connectivity index is 2.28. The maximum absolute atomic E-state index is 12.6. The number of amides is 1. The number of hydrogen-bond acceptors (Lipinski definition) is 6. The van der Waals surface area contributed by atoms with E-state index in [1.165, 1.54) is 28.4 Å². The van der Waals surface area contributed by atoms with Crippen LogP contribution in [0.25, 0.3) is 0 Å². The first-order chi connectivity index (χ1) is 12.7. The second kappa shape index (κ2) is 8.87. The van der Waals surface area contributed by atoms with Gasteiger partial charge in [-0.2, -0.15) is 17.4 Å². The van der Waals surface area contributed by atoms with Crippen molar-refractivity contribution in [2.45, 2.75) is 31.5 Å². The van der Waals surface area contributed by atoms with Crippen molar-refractivity contribution in [2.24, 2.45) is 0 Å². The highest BCUT2D eigenvalue weighted by Crippen LogP contribution is 2.34. The van der Waals surface area contributed by atoms with Gasteiger partial charge in [-0.1, -0.05) is 6.07 Å². The predicted molar refractivity (Wildman–Crippen MR) is 100.0 cm³/mol. The minimum absolute atomic E-state index is 0.229. The quantitative estimate of drug-likeness (QED) is 0.687. The SMILES string of the molecule is COC[C@H](C)NC(=O)[C@H]1C[C@@H](c2ccc(OC)c(OC)c2)NS(=O)(=O)N1C. The van der Waals surface area contributed by atoms with Gasteiger partial charge in [0.15, 0.2) is 11.5 Å². The summed E-state index contributed by atoms with van der Waals surface area (Å²) in [5, 5.41) is 2.79. The Morgan fingerprint density at radius 1 is 1.30 bits per heavy atom. The summed E-state index contributed by atoms with van der Waals surface area (Å²) in [5.74, 6) is 0.667. The summed E-state index contributed by atoms with van der Waals surface area (Å²) < 4.78 is 44.2. The highest BCUT2D eigenvalue weighted by molar-refractivity contribution is 7.87. The van der Waals surface area contributed by atoms with Gasteiger partial charge in [-0.05, 0) is 31.0 Å². The standard InChI is InChI=1S/C17H27N3O6S/c1-11(10-24-3)18-17(21)14-9-13(19-27(22,23)20(14)2)12-6-7-15(25-4)16(8-12)26-5/h6-8,11,13-14,19H,9-10H2,1-5H3,(H,18,21)/t11-,13-,14+/m0/s1. The molecule has 1 aliphatic heterocycles. The first kappa shape index (κ1) is 21.4. The van der Waals surface area contributed by atoms with E-state index in [0.717, 1.165) is 4.31 Å². The van der Waals surface area contributed by atoms with E-state index in [0.29, 0.717) is 23.7 Å². The van der Waals surface area contributed by atoms with Crippen molar-refractivity contribution < 1.29 is 27.4 Å². The summed E-state index contributed by atoms with van der Waals surface area (Å²) in [6.07, 6.45) is 0.275. The van der Waals surface area contributed by atoms with E-state index in [4.69, 9.17) is 14.2 Å². The van der Waals surface area contributed by atoms with E-state index < -0.39 is 22.3 Å². The maximum Gasteiger partial charge on any atom is 0.280 e. The van der Waals surface area contributed by atoms with Gasteiger partial charge in [-0.15, -0.1) is 0 Å². The van der Waals surface area contributed by atoms with E-state index in [1.807, 2.05) is 0 Å². The Morgan fingerprint density at radius 2 is 1.96 bits per heavy atom. The predicted octanol–water partition coefficient (Wildman–Crippen LogP) is 0.435. The van der Waals surface area contributed by atoms with Crippen LogP contribution in [0.15, 0.2) is 18.2 Å². The van der Waals surface area contributed by atoms with Gasteiger partial charge >= 0.3 is 0 Å². The molecule has 1 aromatic carbocycles. The van der Waals surface area contributed by atoms with Crippen LogP contribution in [0.1, 0.15) is 24.9 Å². The molecular formula is C17H27N3O6S. The summed E-state index contributed by atoms with van der Waals surface area (Å²) in [6, 6.07) is 3.53. The molecule has 0 aromatic heterocycles. The molecule has 1 fully saturated rings. The van der Waals surface area contributed by atoms with Gasteiger partial charge in [-0.25, -0.2) is 0 Å². The van der Waals surface area contributed by atoms with Crippen LogP contribution in [-0.2, 0) is 19.7 Å². The summed E-state index contributed by atoms with van der Waals surface area (Å²) >= 11 is 0. The fourth-order valence-corrected chi connectivity index (χ4v) is 4.30. The van der Waals surface area contributed by atoms with Crippen molar-refractivity contribution in [1.29, 1.82) is 0 Å². The average Bonchev–Trinajstić information content (AvgIpc) is 2.63. The first-order valence-electron chi connectivity index (χ1n) is 8.50. The number of hydrogen-bond donors (Lipinski definition) is 2. The number of nitrogens with zero attached hydrogens (tertiary/aromatic N) is 1. The molecule has 152 valence electrons. The lowest BCUT2D eigenvalue weighted by molar-refractivity contribution is -0.126. The molecule has 0 spiro atoms. The highest BCUT2D eigenvalue weighted by Gasteiger charge is 2.41. The second-order valence-electron chi connectivity index (χ2n) is 6.42. The number of nitrogens with one attached hydrogen (secondary N) is 2. The molecule has 10 heteroatoms. The van der Waals surface area contributed by atoms with Gasteiger partial charge < -0.3 is 19.5 Å². The third kappa shape index (κ3) is 4.89. The van der Waals surface area contributed by atoms with Crippen LogP contribution in [0.5, 0.6) is 11.5 Å². The van der Waals surface area contributed by atoms with Crippen molar-refractivity contribution in [3.63, 3.8) is 0 Å². The minimum atomic E-state index is -3.82. The fourth-order valence-electron chi connectivity index (χ4n) is 3.03. The van der Waals surface area contributed by atoms with Crippen LogP contribution < -0.4 is 19.5 Å². The number of rotatable bonds is 7. The van der Waals surface area contributed by atoms with Crippen LogP contribution >= 0.6 is 0 Å². The van der Waals surface area contributed by atoms with Crippen LogP contribution in [0, 0.1) is 0 Å². The Bertz CT molecular complexity index is 770. The third-order valence-corrected chi connectivity index (χ3v) is 6.08. The van der Waals surface area contributed by atoms with E-state index in [2.05, 4.69) is 10.0 Å². The Kier molecular flexibility index (Phi) is 7.04. The molecule has 1 aliphatic rings. The number of likely N-dealkylation sites (N-methyl/N-ethyl adjacent to an activating group) is 1. The van der Waals surface area contributed by atoms with Crippen molar-refractivity contribution in [2.75, 3.05) is 35.0 Å². The summed E-state index contributed by atoms with van der Waals surface area (Å²) in [4.78, 5) is 12.6. The molecule has 0 unspecified atom stereocenters. The fraction of sp³-hybridized carbons (Fsp3) is 0.588. The van der Waals surface area contributed by atoms with Crippen molar-refractivity contribution >= 4 is 16.1 Å². The molecular weight excluding hydrogens is 374 g/mol. The molecule has 2 N–H and O–H groups in total. The van der Waals surface area contributed by atoms with E-state index in [1.54, 1.807) is 25.1 Å². The zero-order valence-corrected chi connectivity index (χ0v) is 17.0. The lowest BCUT2D eigenvalue weighted by Gasteiger charge is -2.36. The summed E-state index contributed by atoms with van der Waals surface area (Å²) in [6.45, 7) is 2.13. The lowest BCUT2D eigenvalue weighted by atomic mass is 9.98. The van der Waals surface area contributed by atoms with E-state index in [-0.39, 0.29) is 18.4 Å². The molecule has 0 bridgehead atoms. The molecule has 1 aromatic rings. The van der Waals surface area contributed by atoms with Crippen LogP contribution in [0.3, 0.4) is 0 Å². The number of carbonyl (C=O) groups excluding carboxylic acids is 1. The number of carbonyl (C=O) groups is 1. The van der Waals surface area contributed by atoms with Gasteiger partial charge in [0.25, 0.3) is 10.2 Å². The maximum atomic E-state index is 12.6. The van der Waals surface area contributed by atoms with Gasteiger partial charge in [-0.3, -0.25) is 4.79 Å². The molecule has 3 atom stereocenters. The molecule has 0 saturated carbocycles. The smallest absolute Gasteiger partial charge is 0.280 e. The minimum Gasteiger partial charge on any atom is -0.493 e. The zero-order valence-electron chi connectivity index (χ0n) is 16.2. The molecule has 0 radical (unpaired) electrons. The van der Waals surface area contributed by atoms with Gasteiger partial charge in [0.1, 0.15) is 6.04 Å². The molecule has 9 nitrogen and oxygen atoms in total. The average molecular weight is 401 g/mol. The van der Waals surface area contributed by atoms with Gasteiger partial charge in [0.05, 0.1) is 26.9 Å². The summed E-state index contributed by atoms with van der Waals surface area (Å²) in [5.41, 5.74) is 0.687. The lowest BCUT2D eigenvalue weighted by Crippen LogP contribution is -2.58. The third-order valence-electron chi connectivity index (χ3n) is 4.49. The van der Waals surface area contributed by atoms with Crippen molar-refractivity contribution in [3.05, 3.63) is 23.8 Å². The van der Waals surface area contributed by atoms with E-state index >= 15 is 0 Å². The Morgan fingerprint density at radius 3 is 2.56 bits per heavy atom. The summed E-state index contributed by atoms with van der Waals surface area (Å²) in [7, 11) is 2.14. The second-order valence-corrected chi connectivity index (χ2v) is 8.18. The van der Waals surface area contributed by atoms with Crippen LogP contribution in [0.2, 0.25) is 0 Å². The van der Waals surface area contributed by atoms with E-state index in [9.17, 15) is 13.2 Å². The Hall–Kier alpha value is -1.88. The van der Waals surface area contributed by atoms with Crippen LogP contribution in [-0.4, -0.2) is 65.7 Å². The number of benzene rings is 1. The molecule has 0 aliphatic carbocycles. The molecule has 1 heterocycles. The molecule has 27 heavy (non-hydrogen) atoms. The van der Waals surface area contributed by atoms with Gasteiger partial charge in [0.2, 0.25) is 5.91 Å². The normalized spacial score (nSPS) is 23.4. The first-order valence-corrected chi connectivity index (χ1v) is 9.94. The molecule has 2 rings (SSSR count). The van der Waals surface area contributed by atoms with Crippen molar-refractivity contribution in [3.8, 4) is 11.5 Å². The topological polar surface area (TPSA) is 106 Å². The highest BCUT2D eigenvalue weighted by atomic mass is 32.2. The largest absolute Gasteiger partial charge is 0.493 e. The monoisotopic (exact) mass is 401 g/mol. The van der Waals surface area contributed by atoms with Crippen molar-refractivity contribution in [1.82, 2.24) is 14.3 Å². The zero-order chi connectivity index (χ0) is 20.2.